The highest BCUT2D eigenvalue weighted by molar-refractivity contribution is 9.10. The predicted molar refractivity (Wildman–Crippen MR) is 69.5 cm³/mol. The summed E-state index contributed by atoms with van der Waals surface area (Å²) in [4.78, 5) is 0. The van der Waals surface area contributed by atoms with Crippen LogP contribution in [0.15, 0.2) is 22.7 Å². The molecule has 0 aromatic heterocycles. The molecule has 16 heavy (non-hydrogen) atoms. The molecule has 2 unspecified atom stereocenters. The van der Waals surface area contributed by atoms with Crippen molar-refractivity contribution in [1.29, 1.82) is 0 Å². The Hall–Kier alpha value is -0.380. The molecule has 1 aromatic carbocycles. The number of aliphatic hydroxyl groups is 2. The average molecular weight is 287 g/mol. The molecule has 90 valence electrons. The Morgan fingerprint density at radius 1 is 1.25 bits per heavy atom. The van der Waals surface area contributed by atoms with Gasteiger partial charge in [-0.1, -0.05) is 35.0 Å². The number of aliphatic hydroxyl groups excluding tert-OH is 2. The van der Waals surface area contributed by atoms with Crippen LogP contribution >= 0.6 is 15.9 Å². The van der Waals surface area contributed by atoms with E-state index in [2.05, 4.69) is 34.1 Å². The topological polar surface area (TPSA) is 40.5 Å². The van der Waals surface area contributed by atoms with Gasteiger partial charge >= 0.3 is 0 Å². The van der Waals surface area contributed by atoms with Crippen LogP contribution in [0.25, 0.3) is 0 Å². The molecule has 0 spiro atoms. The molecule has 0 bridgehead atoms. The van der Waals surface area contributed by atoms with E-state index in [0.717, 1.165) is 10.9 Å². The van der Waals surface area contributed by atoms with Gasteiger partial charge < -0.3 is 10.2 Å². The Kier molecular flexibility index (Phi) is 5.46. The van der Waals surface area contributed by atoms with E-state index in [-0.39, 0.29) is 0 Å². The van der Waals surface area contributed by atoms with E-state index in [9.17, 15) is 10.2 Å². The molecule has 0 aliphatic carbocycles. The van der Waals surface area contributed by atoms with Crippen LogP contribution in [0.3, 0.4) is 0 Å². The van der Waals surface area contributed by atoms with E-state index in [1.807, 2.05) is 13.8 Å². The molecule has 0 amide bonds. The zero-order chi connectivity index (χ0) is 12.1. The Morgan fingerprint density at radius 3 is 2.50 bits per heavy atom. The fourth-order valence-electron chi connectivity index (χ4n) is 1.62. The van der Waals surface area contributed by atoms with Crippen LogP contribution in [0, 0.1) is 6.92 Å². The largest absolute Gasteiger partial charge is 0.390 e. The minimum absolute atomic E-state index is 0.593. The third-order valence-electron chi connectivity index (χ3n) is 2.78. The molecular weight excluding hydrogens is 268 g/mol. The number of hydrogen-bond acceptors (Lipinski definition) is 2. The van der Waals surface area contributed by atoms with Gasteiger partial charge in [0.25, 0.3) is 0 Å². The second-order valence-electron chi connectivity index (χ2n) is 4.18. The minimum atomic E-state index is -0.627. The summed E-state index contributed by atoms with van der Waals surface area (Å²) in [5, 5.41) is 19.1. The molecule has 0 aliphatic rings. The maximum absolute atomic E-state index is 9.66. The summed E-state index contributed by atoms with van der Waals surface area (Å²) in [5.41, 5.74) is 2.39. The molecular formula is C13H19BrO2. The smallest absolute Gasteiger partial charge is 0.0802 e. The molecule has 3 heteroatoms. The lowest BCUT2D eigenvalue weighted by Gasteiger charge is -2.16. The fourth-order valence-corrected chi connectivity index (χ4v) is 2.31. The zero-order valence-corrected chi connectivity index (χ0v) is 11.4. The number of rotatable bonds is 5. The molecule has 2 N–H and O–H groups in total. The van der Waals surface area contributed by atoms with E-state index in [0.29, 0.717) is 12.8 Å². The van der Waals surface area contributed by atoms with Gasteiger partial charge in [0, 0.05) is 4.47 Å². The van der Waals surface area contributed by atoms with Crippen molar-refractivity contribution in [2.45, 2.75) is 45.3 Å². The van der Waals surface area contributed by atoms with E-state index in [1.165, 1.54) is 11.1 Å². The summed E-state index contributed by atoms with van der Waals surface area (Å²) < 4.78 is 1.07. The van der Waals surface area contributed by atoms with Gasteiger partial charge in [0.15, 0.2) is 0 Å². The first-order valence-electron chi connectivity index (χ1n) is 5.65. The van der Waals surface area contributed by atoms with Crippen molar-refractivity contribution in [2.75, 3.05) is 0 Å². The van der Waals surface area contributed by atoms with Gasteiger partial charge in [-0.25, -0.2) is 0 Å². The van der Waals surface area contributed by atoms with Gasteiger partial charge in [-0.15, -0.1) is 0 Å². The number of halogens is 1. The average Bonchev–Trinajstić information content (AvgIpc) is 2.26. The molecule has 1 aromatic rings. The van der Waals surface area contributed by atoms with Gasteiger partial charge in [0.1, 0.15) is 0 Å². The summed E-state index contributed by atoms with van der Waals surface area (Å²) in [6, 6.07) is 6.19. The standard InChI is InChI=1S/C13H19BrO2/c1-3-12(15)13(16)7-6-10-5-4-9(2)8-11(10)14/h4-5,8,12-13,15-16H,3,6-7H2,1-2H3. The van der Waals surface area contributed by atoms with Crippen LogP contribution < -0.4 is 0 Å². The SMILES string of the molecule is CCC(O)C(O)CCc1ccc(C)cc1Br. The molecule has 0 radical (unpaired) electrons. The highest BCUT2D eigenvalue weighted by Crippen LogP contribution is 2.20. The van der Waals surface area contributed by atoms with Crippen molar-refractivity contribution < 1.29 is 10.2 Å². The lowest BCUT2D eigenvalue weighted by Crippen LogP contribution is -2.25. The van der Waals surface area contributed by atoms with Crippen molar-refractivity contribution >= 4 is 15.9 Å². The Labute approximate surface area is 105 Å². The molecule has 2 nitrogen and oxygen atoms in total. The van der Waals surface area contributed by atoms with Crippen LogP contribution in [0.1, 0.15) is 30.9 Å². The summed E-state index contributed by atoms with van der Waals surface area (Å²) in [7, 11) is 0. The summed E-state index contributed by atoms with van der Waals surface area (Å²) in [6.07, 6.45) is 0.730. The van der Waals surface area contributed by atoms with Gasteiger partial charge in [0.05, 0.1) is 12.2 Å². The third-order valence-corrected chi connectivity index (χ3v) is 3.52. The number of hydrogen-bond donors (Lipinski definition) is 2. The Morgan fingerprint density at radius 2 is 1.94 bits per heavy atom. The summed E-state index contributed by atoms with van der Waals surface area (Å²) in [6.45, 7) is 3.92. The normalized spacial score (nSPS) is 14.8. The van der Waals surface area contributed by atoms with E-state index < -0.39 is 12.2 Å². The Bertz CT molecular complexity index is 339. The quantitative estimate of drug-likeness (QED) is 0.874. The second-order valence-corrected chi connectivity index (χ2v) is 5.03. The van der Waals surface area contributed by atoms with Gasteiger partial charge in [-0.05, 0) is 43.4 Å². The molecule has 0 saturated heterocycles. The maximum Gasteiger partial charge on any atom is 0.0802 e. The van der Waals surface area contributed by atoms with E-state index in [1.54, 1.807) is 0 Å². The Balaban J connectivity index is 2.54. The van der Waals surface area contributed by atoms with Crippen LogP contribution in [-0.2, 0) is 6.42 Å². The van der Waals surface area contributed by atoms with E-state index in [4.69, 9.17) is 0 Å². The molecule has 1 rings (SSSR count). The predicted octanol–water partition coefficient (Wildman–Crippen LogP) is 2.82. The van der Waals surface area contributed by atoms with Crippen molar-refractivity contribution in [3.8, 4) is 0 Å². The van der Waals surface area contributed by atoms with Gasteiger partial charge in [-0.2, -0.15) is 0 Å². The lowest BCUT2D eigenvalue weighted by atomic mass is 10.0. The van der Waals surface area contributed by atoms with Crippen LogP contribution in [0.2, 0.25) is 0 Å². The monoisotopic (exact) mass is 286 g/mol. The zero-order valence-electron chi connectivity index (χ0n) is 9.78. The molecule has 0 saturated carbocycles. The minimum Gasteiger partial charge on any atom is -0.390 e. The van der Waals surface area contributed by atoms with Crippen molar-refractivity contribution in [3.05, 3.63) is 33.8 Å². The molecule has 0 heterocycles. The van der Waals surface area contributed by atoms with Crippen LogP contribution in [0.5, 0.6) is 0 Å². The first kappa shape index (κ1) is 13.7. The number of aryl methyl sites for hydroxylation is 2. The lowest BCUT2D eigenvalue weighted by molar-refractivity contribution is 0.0130. The second kappa shape index (κ2) is 6.38. The first-order valence-corrected chi connectivity index (χ1v) is 6.45. The highest BCUT2D eigenvalue weighted by Gasteiger charge is 2.14. The van der Waals surface area contributed by atoms with E-state index >= 15 is 0 Å². The first-order chi connectivity index (χ1) is 7.54. The number of benzene rings is 1. The highest BCUT2D eigenvalue weighted by atomic mass is 79.9. The van der Waals surface area contributed by atoms with Gasteiger partial charge in [-0.3, -0.25) is 0 Å². The van der Waals surface area contributed by atoms with Gasteiger partial charge in [0.2, 0.25) is 0 Å². The van der Waals surface area contributed by atoms with Crippen molar-refractivity contribution in [1.82, 2.24) is 0 Å². The fraction of sp³-hybridized carbons (Fsp3) is 0.538. The molecule has 2 atom stereocenters. The van der Waals surface area contributed by atoms with Crippen LogP contribution in [0.4, 0.5) is 0 Å². The van der Waals surface area contributed by atoms with Crippen LogP contribution in [-0.4, -0.2) is 22.4 Å². The molecule has 0 aliphatic heterocycles. The molecule has 0 fully saturated rings. The maximum atomic E-state index is 9.66. The summed E-state index contributed by atoms with van der Waals surface area (Å²) >= 11 is 3.51. The van der Waals surface area contributed by atoms with Crippen molar-refractivity contribution in [3.63, 3.8) is 0 Å². The third kappa shape index (κ3) is 3.89. The van der Waals surface area contributed by atoms with Crippen molar-refractivity contribution in [2.24, 2.45) is 0 Å². The summed E-state index contributed by atoms with van der Waals surface area (Å²) in [5.74, 6) is 0.